The minimum absolute atomic E-state index is 0.0688. The van der Waals surface area contributed by atoms with Crippen molar-refractivity contribution in [1.82, 2.24) is 15.1 Å². The largest absolute Gasteiger partial charge is 0.350 e. The molecular weight excluding hydrogens is 536 g/mol. The number of rotatable bonds is 6. The molecule has 2 aromatic rings. The van der Waals surface area contributed by atoms with Crippen LogP contribution >= 0.6 is 23.2 Å². The minimum atomic E-state index is -0.348. The summed E-state index contributed by atoms with van der Waals surface area (Å²) in [6.45, 7) is 12.5. The third-order valence-corrected chi connectivity index (χ3v) is 8.87. The van der Waals surface area contributed by atoms with Crippen LogP contribution < -0.4 is 5.32 Å². The van der Waals surface area contributed by atoms with Gasteiger partial charge in [-0.2, -0.15) is 0 Å². The molecule has 0 unspecified atom stereocenters. The number of nitrogens with one attached hydrogen (secondary N) is 1. The number of amides is 2. The van der Waals surface area contributed by atoms with Crippen LogP contribution in [-0.4, -0.2) is 53.3 Å². The molecule has 39 heavy (non-hydrogen) atoms. The fourth-order valence-corrected chi connectivity index (χ4v) is 6.57. The van der Waals surface area contributed by atoms with E-state index in [1.807, 2.05) is 17.0 Å². The summed E-state index contributed by atoms with van der Waals surface area (Å²) >= 11 is 12.4. The molecule has 0 bridgehead atoms. The number of halogens is 3. The Kier molecular flexibility index (Phi) is 9.30. The Hall–Kier alpha value is -2.15. The monoisotopic (exact) mass is 575 g/mol. The van der Waals surface area contributed by atoms with Gasteiger partial charge in [-0.3, -0.25) is 14.5 Å². The third-order valence-electron chi connectivity index (χ3n) is 8.40. The third kappa shape index (κ3) is 6.78. The van der Waals surface area contributed by atoms with Gasteiger partial charge in [-0.05, 0) is 86.9 Å². The standard InChI is InChI=1S/C31H40Cl2FN3O2/c1-6-29(35-19(2)38)25-15-21(32)7-9-23(25)20-11-13-36(14-12-20)30(39)27-18-37(31(3,4)5)17-26(27)24-10-8-22(33)16-28(24)34/h7-10,15-16,20,26-27,29H,6,11-14,17-18H2,1-5H3,(H,35,38)/t26-,27+,29+/m1/s1. The minimum Gasteiger partial charge on any atom is -0.350 e. The van der Waals surface area contributed by atoms with E-state index in [4.69, 9.17) is 23.2 Å². The average molecular weight is 577 g/mol. The van der Waals surface area contributed by atoms with Gasteiger partial charge in [-0.1, -0.05) is 42.3 Å². The number of carbonyl (C=O) groups is 2. The van der Waals surface area contributed by atoms with E-state index in [-0.39, 0.29) is 47.0 Å². The van der Waals surface area contributed by atoms with E-state index in [1.54, 1.807) is 12.1 Å². The zero-order valence-electron chi connectivity index (χ0n) is 23.6. The van der Waals surface area contributed by atoms with Gasteiger partial charge >= 0.3 is 0 Å². The SMILES string of the molecule is CC[C@H](NC(C)=O)c1cc(Cl)ccc1C1CCN(C(=O)[C@H]2CN(C(C)(C)C)C[C@@H]2c2ccc(Cl)cc2F)CC1. The van der Waals surface area contributed by atoms with Crippen molar-refractivity contribution in [1.29, 1.82) is 0 Å². The first-order chi connectivity index (χ1) is 18.4. The Morgan fingerprint density at radius 3 is 2.21 bits per heavy atom. The molecule has 2 heterocycles. The quantitative estimate of drug-likeness (QED) is 0.406. The summed E-state index contributed by atoms with van der Waals surface area (Å²) < 4.78 is 15.0. The number of nitrogens with zero attached hydrogens (tertiary/aromatic N) is 2. The van der Waals surface area contributed by atoms with E-state index in [9.17, 15) is 9.59 Å². The van der Waals surface area contributed by atoms with Crippen molar-refractivity contribution in [2.75, 3.05) is 26.2 Å². The summed E-state index contributed by atoms with van der Waals surface area (Å²) in [5.74, 6) is -0.589. The average Bonchev–Trinajstić information content (AvgIpc) is 3.33. The Labute approximate surface area is 242 Å². The molecule has 5 nitrogen and oxygen atoms in total. The highest BCUT2D eigenvalue weighted by atomic mass is 35.5. The molecule has 0 radical (unpaired) electrons. The first kappa shape index (κ1) is 29.8. The second-order valence-electron chi connectivity index (χ2n) is 12.0. The lowest BCUT2D eigenvalue weighted by Gasteiger charge is -2.36. The fraction of sp³-hybridized carbons (Fsp3) is 0.548. The molecule has 0 aliphatic carbocycles. The van der Waals surface area contributed by atoms with Crippen molar-refractivity contribution >= 4 is 35.0 Å². The van der Waals surface area contributed by atoms with Crippen LogP contribution in [0.5, 0.6) is 0 Å². The van der Waals surface area contributed by atoms with E-state index >= 15 is 4.39 Å². The van der Waals surface area contributed by atoms with Crippen molar-refractivity contribution in [3.8, 4) is 0 Å². The molecule has 1 N–H and O–H groups in total. The van der Waals surface area contributed by atoms with Crippen molar-refractivity contribution in [3.05, 3.63) is 69.0 Å². The van der Waals surface area contributed by atoms with Gasteiger partial charge in [0.15, 0.2) is 0 Å². The molecule has 4 rings (SSSR count). The van der Waals surface area contributed by atoms with Gasteiger partial charge in [0.2, 0.25) is 11.8 Å². The molecule has 8 heteroatoms. The number of likely N-dealkylation sites (tertiary alicyclic amines) is 2. The second kappa shape index (κ2) is 12.2. The van der Waals surface area contributed by atoms with E-state index < -0.39 is 0 Å². The fourth-order valence-electron chi connectivity index (χ4n) is 6.23. The van der Waals surface area contributed by atoms with Crippen molar-refractivity contribution < 1.29 is 14.0 Å². The van der Waals surface area contributed by atoms with Crippen LogP contribution in [0.25, 0.3) is 0 Å². The van der Waals surface area contributed by atoms with E-state index in [2.05, 4.69) is 44.0 Å². The Morgan fingerprint density at radius 1 is 1.03 bits per heavy atom. The molecule has 2 saturated heterocycles. The first-order valence-electron chi connectivity index (χ1n) is 13.9. The molecule has 212 valence electrons. The van der Waals surface area contributed by atoms with Crippen LogP contribution in [0.15, 0.2) is 36.4 Å². The summed E-state index contributed by atoms with van der Waals surface area (Å²) in [5.41, 5.74) is 2.68. The summed E-state index contributed by atoms with van der Waals surface area (Å²) in [4.78, 5) is 30.0. The second-order valence-corrected chi connectivity index (χ2v) is 12.9. The van der Waals surface area contributed by atoms with Gasteiger partial charge in [0.1, 0.15) is 5.82 Å². The molecule has 2 aliphatic rings. The molecule has 0 saturated carbocycles. The van der Waals surface area contributed by atoms with Gasteiger partial charge in [0.05, 0.1) is 12.0 Å². The van der Waals surface area contributed by atoms with Gasteiger partial charge in [0.25, 0.3) is 0 Å². The van der Waals surface area contributed by atoms with Crippen molar-refractivity contribution in [3.63, 3.8) is 0 Å². The van der Waals surface area contributed by atoms with E-state index in [1.165, 1.54) is 18.6 Å². The Morgan fingerprint density at radius 2 is 1.64 bits per heavy atom. The molecule has 2 aromatic carbocycles. The lowest BCUT2D eigenvalue weighted by Crippen LogP contribution is -2.44. The van der Waals surface area contributed by atoms with E-state index in [0.717, 1.165) is 24.8 Å². The van der Waals surface area contributed by atoms with Crippen LogP contribution in [0.4, 0.5) is 4.39 Å². The van der Waals surface area contributed by atoms with E-state index in [0.29, 0.717) is 41.8 Å². The summed E-state index contributed by atoms with van der Waals surface area (Å²) in [6.07, 6.45) is 2.41. The smallest absolute Gasteiger partial charge is 0.227 e. The molecular formula is C31H40Cl2FN3O2. The van der Waals surface area contributed by atoms with Gasteiger partial charge in [0, 0.05) is 54.6 Å². The number of hydrogen-bond acceptors (Lipinski definition) is 3. The topological polar surface area (TPSA) is 52.7 Å². The molecule has 0 aromatic heterocycles. The maximum absolute atomic E-state index is 15.0. The van der Waals surface area contributed by atoms with Crippen molar-refractivity contribution in [2.45, 2.75) is 77.3 Å². The van der Waals surface area contributed by atoms with Crippen LogP contribution in [0.2, 0.25) is 10.0 Å². The van der Waals surface area contributed by atoms with Crippen LogP contribution in [0, 0.1) is 11.7 Å². The highest BCUT2D eigenvalue weighted by Crippen LogP contribution is 2.41. The van der Waals surface area contributed by atoms with Crippen LogP contribution in [0.3, 0.4) is 0 Å². The number of hydrogen-bond donors (Lipinski definition) is 1. The Bertz CT molecular complexity index is 1210. The molecule has 3 atom stereocenters. The van der Waals surface area contributed by atoms with Gasteiger partial charge in [-0.15, -0.1) is 0 Å². The lowest BCUT2D eigenvalue weighted by molar-refractivity contribution is -0.136. The van der Waals surface area contributed by atoms with Gasteiger partial charge in [-0.25, -0.2) is 4.39 Å². The maximum Gasteiger partial charge on any atom is 0.227 e. The maximum atomic E-state index is 15.0. The van der Waals surface area contributed by atoms with Crippen molar-refractivity contribution in [2.24, 2.45) is 5.92 Å². The predicted molar refractivity (Wildman–Crippen MR) is 156 cm³/mol. The Balaban J connectivity index is 1.52. The van der Waals surface area contributed by atoms with Gasteiger partial charge < -0.3 is 10.2 Å². The highest BCUT2D eigenvalue weighted by Gasteiger charge is 2.44. The first-order valence-corrected chi connectivity index (χ1v) is 14.7. The summed E-state index contributed by atoms with van der Waals surface area (Å²) in [6, 6.07) is 10.6. The number of benzene rings is 2. The summed E-state index contributed by atoms with van der Waals surface area (Å²) in [7, 11) is 0. The normalized spacial score (nSPS) is 21.7. The van der Waals surface area contributed by atoms with Crippen LogP contribution in [-0.2, 0) is 9.59 Å². The number of carbonyl (C=O) groups excluding carboxylic acids is 2. The molecule has 2 fully saturated rings. The summed E-state index contributed by atoms with van der Waals surface area (Å²) in [5, 5.41) is 4.06. The lowest BCUT2D eigenvalue weighted by atomic mass is 9.83. The van der Waals surface area contributed by atoms with Crippen LogP contribution in [0.1, 0.15) is 88.4 Å². The molecule has 0 spiro atoms. The number of piperidine rings is 1. The molecule has 2 amide bonds. The highest BCUT2D eigenvalue weighted by molar-refractivity contribution is 6.30. The zero-order valence-corrected chi connectivity index (χ0v) is 25.1. The zero-order chi connectivity index (χ0) is 28.5. The predicted octanol–water partition coefficient (Wildman–Crippen LogP) is 6.94. The molecule has 2 aliphatic heterocycles.